The molecule has 0 aliphatic rings. The van der Waals surface area contributed by atoms with E-state index in [9.17, 15) is 9.90 Å². The first-order valence-corrected chi connectivity index (χ1v) is 7.18. The van der Waals surface area contributed by atoms with Crippen LogP contribution in [0.3, 0.4) is 0 Å². The SMILES string of the molecule is CCCCCCC(Nc1ccccc1Br)C(=O)O. The minimum atomic E-state index is -0.790. The lowest BCUT2D eigenvalue weighted by Crippen LogP contribution is -2.29. The Kier molecular flexibility index (Phi) is 6.80. The highest BCUT2D eigenvalue weighted by Gasteiger charge is 2.17. The molecule has 1 rings (SSSR count). The number of benzene rings is 1. The number of aliphatic carboxylic acids is 1. The molecule has 1 aromatic rings. The zero-order valence-corrected chi connectivity index (χ0v) is 12.2. The zero-order valence-electron chi connectivity index (χ0n) is 10.7. The number of rotatable bonds is 8. The molecule has 0 saturated heterocycles. The minimum Gasteiger partial charge on any atom is -0.480 e. The van der Waals surface area contributed by atoms with Gasteiger partial charge in [0.05, 0.1) is 0 Å². The van der Waals surface area contributed by atoms with Crippen molar-refractivity contribution in [3.05, 3.63) is 28.7 Å². The van der Waals surface area contributed by atoms with Crippen molar-refractivity contribution in [3.63, 3.8) is 0 Å². The standard InChI is InChI=1S/C14H20BrNO2/c1-2-3-4-5-10-13(14(17)18)16-12-9-7-6-8-11(12)15/h6-9,13,16H,2-5,10H2,1H3,(H,17,18). The molecule has 4 heteroatoms. The van der Waals surface area contributed by atoms with Gasteiger partial charge in [-0.2, -0.15) is 0 Å². The highest BCUT2D eigenvalue weighted by atomic mass is 79.9. The molecule has 0 aliphatic carbocycles. The van der Waals surface area contributed by atoms with E-state index in [0.29, 0.717) is 6.42 Å². The molecule has 1 aromatic carbocycles. The lowest BCUT2D eigenvalue weighted by molar-refractivity contribution is -0.138. The van der Waals surface area contributed by atoms with Gasteiger partial charge < -0.3 is 10.4 Å². The number of unbranched alkanes of at least 4 members (excludes halogenated alkanes) is 3. The van der Waals surface area contributed by atoms with Crippen molar-refractivity contribution in [2.24, 2.45) is 0 Å². The first kappa shape index (κ1) is 15.0. The van der Waals surface area contributed by atoms with Crippen LogP contribution in [0.25, 0.3) is 0 Å². The van der Waals surface area contributed by atoms with Crippen LogP contribution in [-0.4, -0.2) is 17.1 Å². The largest absolute Gasteiger partial charge is 0.480 e. The zero-order chi connectivity index (χ0) is 13.4. The molecule has 0 bridgehead atoms. The lowest BCUT2D eigenvalue weighted by atomic mass is 10.1. The Bertz CT molecular complexity index is 382. The molecule has 100 valence electrons. The predicted octanol–water partition coefficient (Wildman–Crippen LogP) is 4.28. The molecule has 0 saturated carbocycles. The Labute approximate surface area is 117 Å². The Morgan fingerprint density at radius 2 is 2.06 bits per heavy atom. The molecule has 3 nitrogen and oxygen atoms in total. The van der Waals surface area contributed by atoms with Crippen LogP contribution in [-0.2, 0) is 4.79 Å². The Balaban J connectivity index is 2.53. The van der Waals surface area contributed by atoms with Crippen LogP contribution in [0.5, 0.6) is 0 Å². The van der Waals surface area contributed by atoms with Gasteiger partial charge in [0.25, 0.3) is 0 Å². The van der Waals surface area contributed by atoms with Gasteiger partial charge in [0.2, 0.25) is 0 Å². The molecule has 1 unspecified atom stereocenters. The van der Waals surface area contributed by atoms with Crippen LogP contribution >= 0.6 is 15.9 Å². The lowest BCUT2D eigenvalue weighted by Gasteiger charge is -2.16. The van der Waals surface area contributed by atoms with E-state index in [2.05, 4.69) is 28.2 Å². The molecule has 0 heterocycles. The van der Waals surface area contributed by atoms with Gasteiger partial charge in [-0.05, 0) is 34.5 Å². The molecule has 0 amide bonds. The molecule has 0 aliphatic heterocycles. The van der Waals surface area contributed by atoms with E-state index in [1.165, 1.54) is 6.42 Å². The van der Waals surface area contributed by atoms with Gasteiger partial charge >= 0.3 is 5.97 Å². The quantitative estimate of drug-likeness (QED) is 0.704. The summed E-state index contributed by atoms with van der Waals surface area (Å²) < 4.78 is 0.893. The number of carboxylic acids is 1. The van der Waals surface area contributed by atoms with Crippen molar-refractivity contribution >= 4 is 27.6 Å². The fourth-order valence-electron chi connectivity index (χ4n) is 1.80. The van der Waals surface area contributed by atoms with Gasteiger partial charge in [-0.1, -0.05) is 44.7 Å². The smallest absolute Gasteiger partial charge is 0.326 e. The van der Waals surface area contributed by atoms with Gasteiger partial charge in [-0.15, -0.1) is 0 Å². The second kappa shape index (κ2) is 8.14. The highest BCUT2D eigenvalue weighted by molar-refractivity contribution is 9.10. The van der Waals surface area contributed by atoms with E-state index in [1.54, 1.807) is 0 Å². The summed E-state index contributed by atoms with van der Waals surface area (Å²) in [5, 5.41) is 12.3. The van der Waals surface area contributed by atoms with Crippen LogP contribution in [0, 0.1) is 0 Å². The molecule has 2 N–H and O–H groups in total. The summed E-state index contributed by atoms with van der Waals surface area (Å²) in [7, 11) is 0. The number of nitrogens with one attached hydrogen (secondary N) is 1. The number of hydrogen-bond donors (Lipinski definition) is 2. The minimum absolute atomic E-state index is 0.513. The fraction of sp³-hybridized carbons (Fsp3) is 0.500. The molecule has 0 aromatic heterocycles. The van der Waals surface area contributed by atoms with Crippen LogP contribution < -0.4 is 5.32 Å². The first-order chi connectivity index (χ1) is 8.65. The summed E-state index contributed by atoms with van der Waals surface area (Å²) in [5.41, 5.74) is 0.834. The first-order valence-electron chi connectivity index (χ1n) is 6.39. The molecule has 18 heavy (non-hydrogen) atoms. The van der Waals surface area contributed by atoms with Crippen molar-refractivity contribution < 1.29 is 9.90 Å². The molecule has 0 spiro atoms. The summed E-state index contributed by atoms with van der Waals surface area (Å²) in [5.74, 6) is -0.790. The van der Waals surface area contributed by atoms with Gasteiger partial charge in [0, 0.05) is 10.2 Å². The van der Waals surface area contributed by atoms with Gasteiger partial charge in [0.1, 0.15) is 6.04 Å². The summed E-state index contributed by atoms with van der Waals surface area (Å²) in [6.07, 6.45) is 5.04. The van der Waals surface area contributed by atoms with E-state index in [1.807, 2.05) is 24.3 Å². The molecular formula is C14H20BrNO2. The van der Waals surface area contributed by atoms with Crippen molar-refractivity contribution in [1.29, 1.82) is 0 Å². The number of para-hydroxylation sites is 1. The summed E-state index contributed by atoms with van der Waals surface area (Å²) in [4.78, 5) is 11.2. The molecule has 1 atom stereocenters. The third kappa shape index (κ3) is 5.08. The van der Waals surface area contributed by atoms with Crippen molar-refractivity contribution in [2.45, 2.75) is 45.1 Å². The highest BCUT2D eigenvalue weighted by Crippen LogP contribution is 2.23. The fourth-order valence-corrected chi connectivity index (χ4v) is 2.20. The van der Waals surface area contributed by atoms with Crippen molar-refractivity contribution in [1.82, 2.24) is 0 Å². The van der Waals surface area contributed by atoms with E-state index < -0.39 is 12.0 Å². The number of halogens is 1. The molecular weight excluding hydrogens is 294 g/mol. The monoisotopic (exact) mass is 313 g/mol. The van der Waals surface area contributed by atoms with E-state index >= 15 is 0 Å². The van der Waals surface area contributed by atoms with E-state index in [-0.39, 0.29) is 0 Å². The Morgan fingerprint density at radius 1 is 1.33 bits per heavy atom. The van der Waals surface area contributed by atoms with Crippen LogP contribution in [0.2, 0.25) is 0 Å². The third-order valence-corrected chi connectivity index (χ3v) is 3.54. The third-order valence-electron chi connectivity index (χ3n) is 2.85. The number of anilines is 1. The maximum absolute atomic E-state index is 11.2. The summed E-state index contributed by atoms with van der Waals surface area (Å²) >= 11 is 3.41. The summed E-state index contributed by atoms with van der Waals surface area (Å²) in [6, 6.07) is 7.07. The normalized spacial score (nSPS) is 12.1. The maximum Gasteiger partial charge on any atom is 0.326 e. The van der Waals surface area contributed by atoms with Crippen molar-refractivity contribution in [3.8, 4) is 0 Å². The average molecular weight is 314 g/mol. The number of hydrogen-bond acceptors (Lipinski definition) is 2. The summed E-state index contributed by atoms with van der Waals surface area (Å²) in [6.45, 7) is 2.15. The topological polar surface area (TPSA) is 49.3 Å². The van der Waals surface area contributed by atoms with E-state index in [4.69, 9.17) is 0 Å². The van der Waals surface area contributed by atoms with Crippen molar-refractivity contribution in [2.75, 3.05) is 5.32 Å². The van der Waals surface area contributed by atoms with Gasteiger partial charge in [-0.25, -0.2) is 4.79 Å². The van der Waals surface area contributed by atoms with Crippen LogP contribution in [0.15, 0.2) is 28.7 Å². The number of carboxylic acid groups (broad SMARTS) is 1. The van der Waals surface area contributed by atoms with Crippen LogP contribution in [0.4, 0.5) is 5.69 Å². The number of carbonyl (C=O) groups is 1. The van der Waals surface area contributed by atoms with Gasteiger partial charge in [-0.3, -0.25) is 0 Å². The van der Waals surface area contributed by atoms with Crippen LogP contribution in [0.1, 0.15) is 39.0 Å². The Morgan fingerprint density at radius 3 is 2.67 bits per heavy atom. The predicted molar refractivity (Wildman–Crippen MR) is 77.9 cm³/mol. The molecule has 0 fully saturated rings. The average Bonchev–Trinajstić information content (AvgIpc) is 2.35. The Hall–Kier alpha value is -1.03. The second-order valence-corrected chi connectivity index (χ2v) is 5.22. The van der Waals surface area contributed by atoms with E-state index in [0.717, 1.165) is 29.4 Å². The van der Waals surface area contributed by atoms with Gasteiger partial charge in [0.15, 0.2) is 0 Å². The second-order valence-electron chi connectivity index (χ2n) is 4.36. The molecule has 0 radical (unpaired) electrons. The maximum atomic E-state index is 11.2.